The molecule has 3 rings (SSSR count). The number of nitrogens with zero attached hydrogens (tertiary/aromatic N) is 4. The molecule has 134 valence electrons. The molecule has 1 aromatic carbocycles. The van der Waals surface area contributed by atoms with Crippen LogP contribution in [0.5, 0.6) is 0 Å². The van der Waals surface area contributed by atoms with Crippen molar-refractivity contribution < 1.29 is 13.5 Å². The number of morpholine rings is 1. The monoisotopic (exact) mass is 348 g/mol. The van der Waals surface area contributed by atoms with Gasteiger partial charge in [0, 0.05) is 37.9 Å². The number of hydrogen-bond acceptors (Lipinski definition) is 5. The summed E-state index contributed by atoms with van der Waals surface area (Å²) >= 11 is 0. The molecule has 0 radical (unpaired) electrons. The van der Waals surface area contributed by atoms with E-state index in [1.807, 2.05) is 30.0 Å². The van der Waals surface area contributed by atoms with Crippen LogP contribution in [0.15, 0.2) is 30.5 Å². The summed E-state index contributed by atoms with van der Waals surface area (Å²) in [5.41, 5.74) is 1.00. The Bertz CT molecular complexity index is 706. The smallest absolute Gasteiger partial charge is 0.158 e. The Hall–Kier alpha value is -1.96. The van der Waals surface area contributed by atoms with Crippen LogP contribution < -0.4 is 0 Å². The number of hydrogen-bond donors (Lipinski definition) is 0. The number of ether oxygens (including phenoxy) is 1. The molecule has 1 atom stereocenters. The van der Waals surface area contributed by atoms with E-state index in [0.29, 0.717) is 32.1 Å². The van der Waals surface area contributed by atoms with Gasteiger partial charge in [-0.05, 0) is 32.3 Å². The van der Waals surface area contributed by atoms with Crippen LogP contribution in [0.4, 0.5) is 8.78 Å². The summed E-state index contributed by atoms with van der Waals surface area (Å²) in [6.07, 6.45) is 1.42. The first-order chi connectivity index (χ1) is 12.0. The van der Waals surface area contributed by atoms with E-state index in [2.05, 4.69) is 9.97 Å². The van der Waals surface area contributed by atoms with E-state index in [1.165, 1.54) is 18.2 Å². The SMILES string of the molecule is CN(C)Cc1ccnc([C@@H]2CN(Cc3c(F)cccc3F)CCO2)n1. The van der Waals surface area contributed by atoms with Gasteiger partial charge in [0.05, 0.1) is 12.3 Å². The normalized spacial score (nSPS) is 18.7. The second-order valence-corrected chi connectivity index (χ2v) is 6.44. The van der Waals surface area contributed by atoms with E-state index in [1.54, 1.807) is 6.20 Å². The van der Waals surface area contributed by atoms with Gasteiger partial charge in [-0.3, -0.25) is 4.90 Å². The van der Waals surface area contributed by atoms with Gasteiger partial charge >= 0.3 is 0 Å². The van der Waals surface area contributed by atoms with Crippen molar-refractivity contribution in [1.82, 2.24) is 19.8 Å². The predicted octanol–water partition coefficient (Wildman–Crippen LogP) is 2.39. The van der Waals surface area contributed by atoms with Crippen molar-refractivity contribution in [2.45, 2.75) is 19.2 Å². The first-order valence-corrected chi connectivity index (χ1v) is 8.26. The Morgan fingerprint density at radius 3 is 2.72 bits per heavy atom. The second kappa shape index (κ2) is 7.95. The highest BCUT2D eigenvalue weighted by Crippen LogP contribution is 2.22. The van der Waals surface area contributed by atoms with E-state index in [9.17, 15) is 8.78 Å². The van der Waals surface area contributed by atoms with E-state index in [0.717, 1.165) is 5.69 Å². The minimum Gasteiger partial charge on any atom is -0.368 e. The van der Waals surface area contributed by atoms with Gasteiger partial charge in [0.15, 0.2) is 5.82 Å². The number of rotatable bonds is 5. The van der Waals surface area contributed by atoms with Crippen LogP contribution >= 0.6 is 0 Å². The van der Waals surface area contributed by atoms with Crippen LogP contribution in [-0.4, -0.2) is 53.6 Å². The zero-order valence-corrected chi connectivity index (χ0v) is 14.5. The van der Waals surface area contributed by atoms with Gasteiger partial charge in [-0.25, -0.2) is 18.7 Å². The molecule has 0 bridgehead atoms. The van der Waals surface area contributed by atoms with Crippen molar-refractivity contribution >= 4 is 0 Å². The van der Waals surface area contributed by atoms with Crippen LogP contribution in [0.1, 0.15) is 23.2 Å². The second-order valence-electron chi connectivity index (χ2n) is 6.44. The Labute approximate surface area is 146 Å². The van der Waals surface area contributed by atoms with Crippen molar-refractivity contribution in [2.24, 2.45) is 0 Å². The first-order valence-electron chi connectivity index (χ1n) is 8.26. The summed E-state index contributed by atoms with van der Waals surface area (Å²) < 4.78 is 33.5. The number of benzene rings is 1. The first kappa shape index (κ1) is 17.8. The topological polar surface area (TPSA) is 41.5 Å². The summed E-state index contributed by atoms with van der Waals surface area (Å²) in [5.74, 6) is -0.433. The van der Waals surface area contributed by atoms with Crippen LogP contribution in [0.2, 0.25) is 0 Å². The maximum atomic E-state index is 13.9. The van der Waals surface area contributed by atoms with Crippen LogP contribution in [0.3, 0.4) is 0 Å². The van der Waals surface area contributed by atoms with Gasteiger partial charge < -0.3 is 9.64 Å². The fourth-order valence-electron chi connectivity index (χ4n) is 2.89. The van der Waals surface area contributed by atoms with Gasteiger partial charge in [-0.2, -0.15) is 0 Å². The molecule has 2 aromatic rings. The molecule has 2 heterocycles. The van der Waals surface area contributed by atoms with E-state index in [-0.39, 0.29) is 18.2 Å². The van der Waals surface area contributed by atoms with E-state index >= 15 is 0 Å². The zero-order chi connectivity index (χ0) is 17.8. The molecule has 1 aliphatic heterocycles. The summed E-state index contributed by atoms with van der Waals surface area (Å²) in [6.45, 7) is 2.50. The summed E-state index contributed by atoms with van der Waals surface area (Å²) in [5, 5.41) is 0. The molecule has 1 saturated heterocycles. The molecule has 0 N–H and O–H groups in total. The fourth-order valence-corrected chi connectivity index (χ4v) is 2.89. The van der Waals surface area contributed by atoms with Gasteiger partial charge in [-0.1, -0.05) is 6.07 Å². The van der Waals surface area contributed by atoms with Crippen molar-refractivity contribution in [1.29, 1.82) is 0 Å². The Morgan fingerprint density at radius 1 is 1.24 bits per heavy atom. The third-order valence-electron chi connectivity index (χ3n) is 4.09. The van der Waals surface area contributed by atoms with Crippen LogP contribution in [0.25, 0.3) is 0 Å². The van der Waals surface area contributed by atoms with Crippen molar-refractivity contribution in [2.75, 3.05) is 33.8 Å². The summed E-state index contributed by atoms with van der Waals surface area (Å²) in [6, 6.07) is 5.81. The average molecular weight is 348 g/mol. The van der Waals surface area contributed by atoms with Crippen molar-refractivity contribution in [3.05, 3.63) is 59.2 Å². The van der Waals surface area contributed by atoms with Crippen LogP contribution in [0, 0.1) is 11.6 Å². The highest BCUT2D eigenvalue weighted by Gasteiger charge is 2.25. The van der Waals surface area contributed by atoms with Crippen LogP contribution in [-0.2, 0) is 17.8 Å². The lowest BCUT2D eigenvalue weighted by atomic mass is 10.1. The third kappa shape index (κ3) is 4.56. The van der Waals surface area contributed by atoms with Gasteiger partial charge in [0.1, 0.15) is 17.7 Å². The van der Waals surface area contributed by atoms with E-state index < -0.39 is 11.6 Å². The number of halogens is 2. The Kier molecular flexibility index (Phi) is 5.67. The van der Waals surface area contributed by atoms with Gasteiger partial charge in [0.25, 0.3) is 0 Å². The molecule has 0 amide bonds. The molecular formula is C18H22F2N4O. The Morgan fingerprint density at radius 2 is 2.00 bits per heavy atom. The van der Waals surface area contributed by atoms with Crippen molar-refractivity contribution in [3.63, 3.8) is 0 Å². The van der Waals surface area contributed by atoms with Crippen molar-refractivity contribution in [3.8, 4) is 0 Å². The molecule has 7 heteroatoms. The molecule has 5 nitrogen and oxygen atoms in total. The summed E-state index contributed by atoms with van der Waals surface area (Å²) in [7, 11) is 3.95. The molecule has 0 spiro atoms. The summed E-state index contributed by atoms with van der Waals surface area (Å²) in [4.78, 5) is 12.9. The largest absolute Gasteiger partial charge is 0.368 e. The van der Waals surface area contributed by atoms with E-state index in [4.69, 9.17) is 4.74 Å². The molecule has 1 aromatic heterocycles. The van der Waals surface area contributed by atoms with Gasteiger partial charge in [-0.15, -0.1) is 0 Å². The maximum Gasteiger partial charge on any atom is 0.158 e. The highest BCUT2D eigenvalue weighted by atomic mass is 19.1. The average Bonchev–Trinajstić information content (AvgIpc) is 2.58. The third-order valence-corrected chi connectivity index (χ3v) is 4.09. The fraction of sp³-hybridized carbons (Fsp3) is 0.444. The minimum absolute atomic E-state index is 0.0884. The zero-order valence-electron chi connectivity index (χ0n) is 14.5. The highest BCUT2D eigenvalue weighted by molar-refractivity contribution is 5.19. The lowest BCUT2D eigenvalue weighted by Crippen LogP contribution is -2.38. The molecule has 25 heavy (non-hydrogen) atoms. The Balaban J connectivity index is 1.71. The minimum atomic E-state index is -0.521. The quantitative estimate of drug-likeness (QED) is 0.830. The maximum absolute atomic E-state index is 13.9. The molecule has 1 aliphatic rings. The standard InChI is InChI=1S/C18H22F2N4O/c1-23(2)10-13-6-7-21-18(22-13)17-12-24(8-9-25-17)11-14-15(19)4-3-5-16(14)20/h3-7,17H,8-12H2,1-2H3/t17-/m0/s1. The molecule has 0 saturated carbocycles. The lowest BCUT2D eigenvalue weighted by Gasteiger charge is -2.32. The molecule has 0 unspecified atom stereocenters. The molecule has 1 fully saturated rings. The van der Waals surface area contributed by atoms with Gasteiger partial charge in [0.2, 0.25) is 0 Å². The molecule has 0 aliphatic carbocycles. The predicted molar refractivity (Wildman–Crippen MR) is 89.8 cm³/mol. The lowest BCUT2D eigenvalue weighted by molar-refractivity contribution is -0.0379. The molecular weight excluding hydrogens is 326 g/mol. The number of aromatic nitrogens is 2.